The Kier molecular flexibility index (Phi) is 8.77. The average molecular weight is 530 g/mol. The van der Waals surface area contributed by atoms with Crippen LogP contribution in [0.25, 0.3) is 10.2 Å². The molecule has 3 aromatic rings. The van der Waals surface area contributed by atoms with E-state index in [0.717, 1.165) is 47.9 Å². The molecule has 1 saturated heterocycles. The van der Waals surface area contributed by atoms with Crippen LogP contribution < -0.4 is 4.90 Å². The predicted octanol–water partition coefficient (Wildman–Crippen LogP) is 5.50. The van der Waals surface area contributed by atoms with Crippen LogP contribution in [-0.2, 0) is 21.2 Å². The molecule has 0 N–H and O–H groups in total. The number of anilines is 1. The van der Waals surface area contributed by atoms with Crippen molar-refractivity contribution < 1.29 is 17.9 Å². The molecule has 194 valence electrons. The number of benzene rings is 2. The molecule has 0 saturated carbocycles. The average Bonchev–Trinajstić information content (AvgIpc) is 3.57. The number of fused-ring (bicyclic) bond motifs is 1. The number of amides is 1. The van der Waals surface area contributed by atoms with E-state index < -0.39 is 10.0 Å². The molecule has 4 rings (SSSR count). The third kappa shape index (κ3) is 5.64. The van der Waals surface area contributed by atoms with Crippen LogP contribution in [0.2, 0.25) is 0 Å². The van der Waals surface area contributed by atoms with Crippen LogP contribution in [0.3, 0.4) is 0 Å². The summed E-state index contributed by atoms with van der Waals surface area (Å²) in [6, 6.07) is 12.4. The number of carbonyl (C=O) groups is 1. The lowest BCUT2D eigenvalue weighted by atomic mass is 10.1. The molecule has 1 fully saturated rings. The topological polar surface area (TPSA) is 79.8 Å². The molecule has 2 heterocycles. The minimum absolute atomic E-state index is 0.0389. The minimum atomic E-state index is -3.60. The van der Waals surface area contributed by atoms with Gasteiger partial charge in [-0.25, -0.2) is 13.4 Å². The molecule has 2 aromatic carbocycles. The number of aryl methyl sites for hydroxylation is 1. The molecular formula is C27H35N3O4S2. The van der Waals surface area contributed by atoms with E-state index in [1.807, 2.05) is 26.0 Å². The van der Waals surface area contributed by atoms with E-state index in [1.54, 1.807) is 17.0 Å². The van der Waals surface area contributed by atoms with Crippen molar-refractivity contribution in [1.82, 2.24) is 9.29 Å². The van der Waals surface area contributed by atoms with Gasteiger partial charge in [0.25, 0.3) is 5.91 Å². The highest BCUT2D eigenvalue weighted by Crippen LogP contribution is 2.33. The Bertz CT molecular complexity index is 1280. The summed E-state index contributed by atoms with van der Waals surface area (Å²) in [6.07, 6.45) is 4.43. The lowest BCUT2D eigenvalue weighted by Crippen LogP contribution is -2.37. The van der Waals surface area contributed by atoms with Gasteiger partial charge in [0.05, 0.1) is 27.8 Å². The first-order valence-electron chi connectivity index (χ1n) is 12.8. The van der Waals surface area contributed by atoms with Crippen LogP contribution in [0.1, 0.15) is 62.4 Å². The number of thiazole rings is 1. The van der Waals surface area contributed by atoms with Gasteiger partial charge in [0.1, 0.15) is 0 Å². The van der Waals surface area contributed by atoms with Crippen LogP contribution >= 0.6 is 11.3 Å². The number of carbonyl (C=O) groups excluding carboxylic acids is 1. The molecule has 0 aliphatic carbocycles. The van der Waals surface area contributed by atoms with Gasteiger partial charge >= 0.3 is 0 Å². The van der Waals surface area contributed by atoms with Gasteiger partial charge in [-0.15, -0.1) is 0 Å². The van der Waals surface area contributed by atoms with E-state index in [9.17, 15) is 13.2 Å². The summed E-state index contributed by atoms with van der Waals surface area (Å²) in [4.78, 5) is 20.5. The first kappa shape index (κ1) is 26.7. The summed E-state index contributed by atoms with van der Waals surface area (Å²) >= 11 is 1.50. The van der Waals surface area contributed by atoms with E-state index in [4.69, 9.17) is 9.72 Å². The van der Waals surface area contributed by atoms with Crippen LogP contribution in [0, 0.1) is 0 Å². The van der Waals surface area contributed by atoms with E-state index in [1.165, 1.54) is 27.8 Å². The lowest BCUT2D eigenvalue weighted by Gasteiger charge is -2.23. The first-order valence-corrected chi connectivity index (χ1v) is 15.1. The molecule has 0 bridgehead atoms. The van der Waals surface area contributed by atoms with Crippen LogP contribution in [0.4, 0.5) is 5.13 Å². The van der Waals surface area contributed by atoms with Crippen molar-refractivity contribution in [3.05, 3.63) is 53.6 Å². The molecule has 1 aromatic heterocycles. The fraction of sp³-hybridized carbons (Fsp3) is 0.481. The summed E-state index contributed by atoms with van der Waals surface area (Å²) in [5.74, 6) is -0.204. The van der Waals surface area contributed by atoms with Crippen molar-refractivity contribution in [3.63, 3.8) is 0 Å². The Balaban J connectivity index is 1.64. The fourth-order valence-corrected chi connectivity index (χ4v) is 7.00. The smallest absolute Gasteiger partial charge is 0.260 e. The molecule has 1 atom stereocenters. The van der Waals surface area contributed by atoms with Gasteiger partial charge in [0.2, 0.25) is 10.0 Å². The largest absolute Gasteiger partial charge is 0.376 e. The van der Waals surface area contributed by atoms with Crippen molar-refractivity contribution in [2.45, 2.75) is 63.9 Å². The maximum absolute atomic E-state index is 13.7. The molecule has 1 amide bonds. The monoisotopic (exact) mass is 529 g/mol. The molecule has 1 aliphatic rings. The molecular weight excluding hydrogens is 494 g/mol. The zero-order chi connectivity index (χ0) is 25.7. The number of rotatable bonds is 11. The summed E-state index contributed by atoms with van der Waals surface area (Å²) in [7, 11) is -3.60. The Morgan fingerprint density at radius 1 is 1.14 bits per heavy atom. The molecule has 7 nitrogen and oxygen atoms in total. The van der Waals surface area contributed by atoms with Crippen molar-refractivity contribution in [1.29, 1.82) is 0 Å². The zero-order valence-corrected chi connectivity index (χ0v) is 22.9. The Morgan fingerprint density at radius 2 is 1.92 bits per heavy atom. The van der Waals surface area contributed by atoms with Gasteiger partial charge in [-0.2, -0.15) is 4.31 Å². The normalized spacial score (nSPS) is 16.2. The van der Waals surface area contributed by atoms with Gasteiger partial charge in [0.15, 0.2) is 5.13 Å². The molecule has 0 spiro atoms. The van der Waals surface area contributed by atoms with Crippen molar-refractivity contribution in [2.75, 3.05) is 31.1 Å². The maximum atomic E-state index is 13.7. The minimum Gasteiger partial charge on any atom is -0.376 e. The van der Waals surface area contributed by atoms with E-state index >= 15 is 0 Å². The molecule has 1 aliphatic heterocycles. The molecule has 0 radical (unpaired) electrons. The number of hydrogen-bond donors (Lipinski definition) is 0. The van der Waals surface area contributed by atoms with Gasteiger partial charge in [-0.05, 0) is 61.6 Å². The number of hydrogen-bond acceptors (Lipinski definition) is 6. The first-order chi connectivity index (χ1) is 17.4. The number of unbranched alkanes of at least 4 members (excludes halogenated alkanes) is 1. The van der Waals surface area contributed by atoms with Gasteiger partial charge in [-0.1, -0.05) is 50.7 Å². The number of nitrogens with zero attached hydrogens (tertiary/aromatic N) is 3. The summed E-state index contributed by atoms with van der Waals surface area (Å²) < 4.78 is 34.6. The van der Waals surface area contributed by atoms with Crippen molar-refractivity contribution in [3.8, 4) is 0 Å². The van der Waals surface area contributed by atoms with Gasteiger partial charge in [0, 0.05) is 25.3 Å². The van der Waals surface area contributed by atoms with Crippen LogP contribution in [0.5, 0.6) is 0 Å². The second-order valence-corrected chi connectivity index (χ2v) is 12.0. The highest BCUT2D eigenvalue weighted by atomic mass is 32.2. The Labute approximate surface area is 218 Å². The zero-order valence-electron chi connectivity index (χ0n) is 21.3. The van der Waals surface area contributed by atoms with Crippen molar-refractivity contribution >= 4 is 42.6 Å². The third-order valence-electron chi connectivity index (χ3n) is 6.61. The Hall–Kier alpha value is -2.33. The quantitative estimate of drug-likeness (QED) is 0.328. The summed E-state index contributed by atoms with van der Waals surface area (Å²) in [5.41, 5.74) is 2.51. The number of aromatic nitrogens is 1. The highest BCUT2D eigenvalue weighted by molar-refractivity contribution is 7.89. The Morgan fingerprint density at radius 3 is 2.56 bits per heavy atom. The van der Waals surface area contributed by atoms with E-state index in [2.05, 4.69) is 13.0 Å². The fourth-order valence-electron chi connectivity index (χ4n) is 4.49. The SMILES string of the molecule is CCCCN(CC)S(=O)(=O)c1ccc(C(=O)N(CC2CCCO2)c2nc3c(CC)cccc3s2)cc1. The van der Waals surface area contributed by atoms with E-state index in [-0.39, 0.29) is 16.9 Å². The molecule has 36 heavy (non-hydrogen) atoms. The maximum Gasteiger partial charge on any atom is 0.260 e. The molecule has 9 heteroatoms. The standard InChI is InChI=1S/C27H35N3O4S2/c1-4-7-17-29(6-3)36(32,33)23-15-13-21(14-16-23)26(31)30(19-22-11-9-18-34-22)27-28-25-20(5-2)10-8-12-24(25)35-27/h8,10,12-16,22H,4-7,9,11,17-19H2,1-3H3. The van der Waals surface area contributed by atoms with Crippen LogP contribution in [-0.4, -0.2) is 56.0 Å². The van der Waals surface area contributed by atoms with Gasteiger partial charge < -0.3 is 4.74 Å². The summed E-state index contributed by atoms with van der Waals surface area (Å²) in [5, 5.41) is 0.639. The second kappa shape index (κ2) is 11.8. The van der Waals surface area contributed by atoms with Crippen LogP contribution in [0.15, 0.2) is 47.4 Å². The number of para-hydroxylation sites is 1. The second-order valence-electron chi connectivity index (χ2n) is 9.04. The number of ether oxygens (including phenoxy) is 1. The third-order valence-corrected chi connectivity index (χ3v) is 9.64. The van der Waals surface area contributed by atoms with Crippen molar-refractivity contribution in [2.24, 2.45) is 0 Å². The van der Waals surface area contributed by atoms with Gasteiger partial charge in [-0.3, -0.25) is 9.69 Å². The predicted molar refractivity (Wildman–Crippen MR) is 145 cm³/mol. The van der Waals surface area contributed by atoms with E-state index in [0.29, 0.717) is 36.9 Å². The number of sulfonamides is 1. The lowest BCUT2D eigenvalue weighted by molar-refractivity contribution is 0.0917. The summed E-state index contributed by atoms with van der Waals surface area (Å²) in [6.45, 7) is 8.00. The molecule has 1 unspecified atom stereocenters. The highest BCUT2D eigenvalue weighted by Gasteiger charge is 2.28.